The van der Waals surface area contributed by atoms with Crippen molar-refractivity contribution in [3.05, 3.63) is 57.9 Å². The van der Waals surface area contributed by atoms with E-state index in [-0.39, 0.29) is 11.9 Å². The maximum absolute atomic E-state index is 10.6. The normalized spacial score (nSPS) is 35.3. The minimum atomic E-state index is -1.61. The third-order valence-electron chi connectivity index (χ3n) is 5.89. The SMILES string of the molecule is C=CC(CO[C@@H]1O[C@H](CO[C@@H]2O[C@H](CO)[C@@H](O)[C@H](O)[C@H]2N=[N+]=[N-])[C@@H](O)[C@H](O)[C@H]1N=[N+]=[N-])SSc1ccccn1. The molecule has 0 bridgehead atoms. The molecule has 1 unspecified atom stereocenters. The molecule has 0 radical (unpaired) electrons. The van der Waals surface area contributed by atoms with E-state index in [0.29, 0.717) is 0 Å². The van der Waals surface area contributed by atoms with Gasteiger partial charge in [0.15, 0.2) is 12.6 Å². The van der Waals surface area contributed by atoms with Gasteiger partial charge in [-0.1, -0.05) is 33.2 Å². The summed E-state index contributed by atoms with van der Waals surface area (Å²) in [5.41, 5.74) is 17.8. The average molecular weight is 588 g/mol. The molecule has 0 aliphatic carbocycles. The molecule has 0 amide bonds. The van der Waals surface area contributed by atoms with Crippen molar-refractivity contribution in [3.8, 4) is 0 Å². The molecule has 2 saturated heterocycles. The Balaban J connectivity index is 1.66. The van der Waals surface area contributed by atoms with Gasteiger partial charge in [-0.05, 0) is 34.0 Å². The smallest absolute Gasteiger partial charge is 0.169 e. The van der Waals surface area contributed by atoms with Crippen LogP contribution in [0.2, 0.25) is 0 Å². The fourth-order valence-electron chi connectivity index (χ4n) is 3.78. The largest absolute Gasteiger partial charge is 0.394 e. The van der Waals surface area contributed by atoms with Crippen LogP contribution in [0.5, 0.6) is 0 Å². The van der Waals surface area contributed by atoms with E-state index in [2.05, 4.69) is 31.6 Å². The minimum absolute atomic E-state index is 0.0411. The number of ether oxygens (including phenoxy) is 4. The highest BCUT2D eigenvalue weighted by Gasteiger charge is 2.48. The van der Waals surface area contributed by atoms with Gasteiger partial charge < -0.3 is 44.5 Å². The van der Waals surface area contributed by atoms with E-state index in [4.69, 9.17) is 30.0 Å². The summed E-state index contributed by atoms with van der Waals surface area (Å²) in [6.07, 6.45) is -8.21. The Labute approximate surface area is 230 Å². The molecule has 39 heavy (non-hydrogen) atoms. The Bertz CT molecular complexity index is 1020. The van der Waals surface area contributed by atoms with Crippen molar-refractivity contribution in [1.29, 1.82) is 0 Å². The highest BCUT2D eigenvalue weighted by atomic mass is 33.1. The third-order valence-corrected chi connectivity index (χ3v) is 8.52. The maximum atomic E-state index is 10.6. The summed E-state index contributed by atoms with van der Waals surface area (Å²) in [6, 6.07) is 2.81. The molecule has 2 fully saturated rings. The maximum Gasteiger partial charge on any atom is 0.169 e. The van der Waals surface area contributed by atoms with E-state index in [1.165, 1.54) is 21.6 Å². The predicted octanol–water partition coefficient (Wildman–Crippen LogP) is 0.653. The van der Waals surface area contributed by atoms with Gasteiger partial charge in [-0.25, -0.2) is 4.98 Å². The number of hydrogen-bond donors (Lipinski definition) is 5. The molecular formula is C21H29N7O9S2. The number of aliphatic hydroxyl groups excluding tert-OH is 5. The topological polar surface area (TPSA) is 248 Å². The Morgan fingerprint density at radius 1 is 1.00 bits per heavy atom. The lowest BCUT2D eigenvalue weighted by Gasteiger charge is -2.43. The number of aromatic nitrogens is 1. The lowest BCUT2D eigenvalue weighted by atomic mass is 9.97. The lowest BCUT2D eigenvalue weighted by Crippen LogP contribution is -2.61. The average Bonchev–Trinajstić information content (AvgIpc) is 2.95. The summed E-state index contributed by atoms with van der Waals surface area (Å²) in [5, 5.41) is 58.4. The van der Waals surface area contributed by atoms with Crippen LogP contribution >= 0.6 is 21.6 Å². The van der Waals surface area contributed by atoms with Crippen molar-refractivity contribution in [1.82, 2.24) is 4.98 Å². The van der Waals surface area contributed by atoms with Gasteiger partial charge in [-0.2, -0.15) is 0 Å². The molecule has 0 saturated carbocycles. The number of pyridine rings is 1. The van der Waals surface area contributed by atoms with Crippen molar-refractivity contribution in [3.63, 3.8) is 0 Å². The minimum Gasteiger partial charge on any atom is -0.394 e. The molecule has 18 heteroatoms. The molecule has 2 aliphatic heterocycles. The van der Waals surface area contributed by atoms with Gasteiger partial charge in [-0.15, -0.1) is 6.58 Å². The molecule has 0 aromatic carbocycles. The first-order valence-electron chi connectivity index (χ1n) is 11.7. The predicted molar refractivity (Wildman–Crippen MR) is 138 cm³/mol. The first kappa shape index (κ1) is 31.4. The summed E-state index contributed by atoms with van der Waals surface area (Å²) in [6.45, 7) is 2.71. The Kier molecular flexibility index (Phi) is 12.5. The number of rotatable bonds is 13. The molecule has 11 atom stereocenters. The van der Waals surface area contributed by atoms with Crippen molar-refractivity contribution >= 4 is 21.6 Å². The van der Waals surface area contributed by atoms with E-state index in [1.54, 1.807) is 18.3 Å². The van der Waals surface area contributed by atoms with E-state index in [0.717, 1.165) is 5.03 Å². The van der Waals surface area contributed by atoms with E-state index < -0.39 is 74.5 Å². The molecular weight excluding hydrogens is 558 g/mol. The molecule has 5 N–H and O–H groups in total. The Hall–Kier alpha value is -2.15. The zero-order valence-electron chi connectivity index (χ0n) is 20.4. The molecule has 16 nitrogen and oxygen atoms in total. The number of aliphatic hydroxyl groups is 5. The van der Waals surface area contributed by atoms with Gasteiger partial charge >= 0.3 is 0 Å². The number of hydrogen-bond acceptors (Lipinski definition) is 14. The van der Waals surface area contributed by atoms with Crippen LogP contribution in [-0.4, -0.2) is 117 Å². The first-order valence-corrected chi connectivity index (χ1v) is 13.9. The van der Waals surface area contributed by atoms with Crippen LogP contribution in [0.1, 0.15) is 0 Å². The van der Waals surface area contributed by atoms with Crippen LogP contribution < -0.4 is 0 Å². The van der Waals surface area contributed by atoms with Gasteiger partial charge in [-0.3, -0.25) is 0 Å². The van der Waals surface area contributed by atoms with Crippen LogP contribution in [0.4, 0.5) is 0 Å². The van der Waals surface area contributed by atoms with Crippen LogP contribution in [-0.2, 0) is 18.9 Å². The molecule has 3 heterocycles. The lowest BCUT2D eigenvalue weighted by molar-refractivity contribution is -0.299. The molecule has 3 rings (SSSR count). The second-order valence-electron chi connectivity index (χ2n) is 8.41. The first-order chi connectivity index (χ1) is 18.8. The summed E-state index contributed by atoms with van der Waals surface area (Å²) in [5.74, 6) is 0. The molecule has 2 aliphatic rings. The van der Waals surface area contributed by atoms with Crippen molar-refractivity contribution in [2.45, 2.75) is 71.6 Å². The van der Waals surface area contributed by atoms with Crippen LogP contribution in [0, 0.1) is 0 Å². The third kappa shape index (κ3) is 8.18. The zero-order valence-corrected chi connectivity index (χ0v) is 22.0. The molecule has 1 aromatic rings. The van der Waals surface area contributed by atoms with Crippen molar-refractivity contribution in [2.24, 2.45) is 10.2 Å². The van der Waals surface area contributed by atoms with Gasteiger partial charge in [0, 0.05) is 16.0 Å². The van der Waals surface area contributed by atoms with Gasteiger partial charge in [0.1, 0.15) is 41.5 Å². The summed E-state index contributed by atoms with van der Waals surface area (Å²) in [7, 11) is 2.81. The molecule has 214 valence electrons. The molecule has 0 spiro atoms. The van der Waals surface area contributed by atoms with Gasteiger partial charge in [0.25, 0.3) is 0 Å². The quantitative estimate of drug-likeness (QED) is 0.0701. The van der Waals surface area contributed by atoms with Crippen LogP contribution in [0.25, 0.3) is 20.9 Å². The van der Waals surface area contributed by atoms with Crippen molar-refractivity contribution < 1.29 is 44.5 Å². The molecule has 1 aromatic heterocycles. The van der Waals surface area contributed by atoms with E-state index in [1.807, 2.05) is 12.1 Å². The highest BCUT2D eigenvalue weighted by molar-refractivity contribution is 8.77. The fraction of sp³-hybridized carbons (Fsp3) is 0.667. The van der Waals surface area contributed by atoms with Gasteiger partial charge in [0.05, 0.1) is 37.3 Å². The van der Waals surface area contributed by atoms with E-state index >= 15 is 0 Å². The van der Waals surface area contributed by atoms with E-state index in [9.17, 15) is 25.5 Å². The second kappa shape index (κ2) is 15.6. The fourth-order valence-corrected chi connectivity index (χ4v) is 5.82. The van der Waals surface area contributed by atoms with Crippen LogP contribution in [0.3, 0.4) is 0 Å². The second-order valence-corrected chi connectivity index (χ2v) is 10.9. The monoisotopic (exact) mass is 587 g/mol. The Morgan fingerprint density at radius 3 is 2.18 bits per heavy atom. The summed E-state index contributed by atoms with van der Waals surface area (Å²) in [4.78, 5) is 9.56. The number of azide groups is 2. The summed E-state index contributed by atoms with van der Waals surface area (Å²) < 4.78 is 22.6. The van der Waals surface area contributed by atoms with Crippen molar-refractivity contribution in [2.75, 3.05) is 19.8 Å². The highest BCUT2D eigenvalue weighted by Crippen LogP contribution is 2.34. The van der Waals surface area contributed by atoms with Gasteiger partial charge in [0.2, 0.25) is 0 Å². The number of nitrogens with zero attached hydrogens (tertiary/aromatic N) is 7. The standard InChI is InChI=1S/C21H29N7O9S2/c1-2-10(38-39-13-5-3-4-6-24-13)8-34-20-15(26-28-23)19(33)17(31)12(37-20)9-35-21-14(25-27-22)18(32)16(30)11(7-29)36-21/h2-6,10-12,14-21,29-33H,1,7-9H2/t10?,11-,12-,14-,15-,16-,17-,18-,19-,20-,21-/m1/s1. The zero-order chi connectivity index (χ0) is 28.4. The van der Waals surface area contributed by atoms with Crippen LogP contribution in [0.15, 0.2) is 52.3 Å². The Morgan fingerprint density at radius 2 is 1.62 bits per heavy atom. The summed E-state index contributed by atoms with van der Waals surface area (Å²) >= 11 is 0.